The summed E-state index contributed by atoms with van der Waals surface area (Å²) in [6.45, 7) is 5.95. The van der Waals surface area contributed by atoms with E-state index in [2.05, 4.69) is 4.98 Å². The number of oxazole rings is 1. The highest BCUT2D eigenvalue weighted by molar-refractivity contribution is 5.87. The Kier molecular flexibility index (Phi) is 1.92. The van der Waals surface area contributed by atoms with Crippen LogP contribution in [0.25, 0.3) is 0 Å². The molecule has 0 aliphatic rings. The van der Waals surface area contributed by atoms with Crippen molar-refractivity contribution >= 4 is 5.91 Å². The zero-order valence-corrected chi connectivity index (χ0v) is 7.42. The first-order valence-corrected chi connectivity index (χ1v) is 3.67. The van der Waals surface area contributed by atoms with Gasteiger partial charge in [-0.3, -0.25) is 4.79 Å². The van der Waals surface area contributed by atoms with Crippen molar-refractivity contribution in [2.24, 2.45) is 5.73 Å². The van der Waals surface area contributed by atoms with Gasteiger partial charge in [-0.1, -0.05) is 20.8 Å². The fourth-order valence-electron chi connectivity index (χ4n) is 0.731. The third-order valence-electron chi connectivity index (χ3n) is 1.48. The molecule has 12 heavy (non-hydrogen) atoms. The molecule has 0 spiro atoms. The molecule has 0 atom stereocenters. The van der Waals surface area contributed by atoms with Crippen molar-refractivity contribution in [3.8, 4) is 0 Å². The molecule has 0 saturated carbocycles. The normalized spacial score (nSPS) is 11.6. The van der Waals surface area contributed by atoms with Crippen molar-refractivity contribution in [1.82, 2.24) is 4.98 Å². The van der Waals surface area contributed by atoms with Crippen molar-refractivity contribution in [3.05, 3.63) is 17.8 Å². The molecule has 0 aromatic carbocycles. The van der Waals surface area contributed by atoms with Gasteiger partial charge in [-0.15, -0.1) is 0 Å². The largest absolute Gasteiger partial charge is 0.441 e. The van der Waals surface area contributed by atoms with Crippen molar-refractivity contribution in [1.29, 1.82) is 0 Å². The number of aromatic nitrogens is 1. The molecule has 1 rings (SSSR count). The molecule has 2 N–H and O–H groups in total. The number of carbonyl (C=O) groups is 1. The first-order chi connectivity index (χ1) is 5.41. The van der Waals surface area contributed by atoms with Gasteiger partial charge in [0.1, 0.15) is 6.26 Å². The number of nitrogens with zero attached hydrogens (tertiary/aromatic N) is 1. The molecule has 0 aliphatic heterocycles. The predicted octanol–water partition coefficient (Wildman–Crippen LogP) is 1.07. The van der Waals surface area contributed by atoms with Gasteiger partial charge in [0.15, 0.2) is 0 Å². The smallest absolute Gasteiger partial charge is 0.304 e. The monoisotopic (exact) mass is 168 g/mol. The minimum absolute atomic E-state index is 0.0278. The van der Waals surface area contributed by atoms with Crippen molar-refractivity contribution in [2.45, 2.75) is 26.2 Å². The summed E-state index contributed by atoms with van der Waals surface area (Å²) in [5.41, 5.74) is 5.59. The summed E-state index contributed by atoms with van der Waals surface area (Å²) in [6, 6.07) is 0. The Morgan fingerprint density at radius 2 is 2.17 bits per heavy atom. The van der Waals surface area contributed by atoms with Crippen LogP contribution in [-0.2, 0) is 5.41 Å². The topological polar surface area (TPSA) is 69.1 Å². The fourth-order valence-corrected chi connectivity index (χ4v) is 0.731. The van der Waals surface area contributed by atoms with Gasteiger partial charge in [0.05, 0.1) is 5.69 Å². The van der Waals surface area contributed by atoms with Crippen LogP contribution in [0.5, 0.6) is 0 Å². The molecule has 1 aromatic rings. The molecule has 4 nitrogen and oxygen atoms in total. The van der Waals surface area contributed by atoms with E-state index < -0.39 is 5.91 Å². The van der Waals surface area contributed by atoms with Crippen LogP contribution in [0.1, 0.15) is 37.2 Å². The summed E-state index contributed by atoms with van der Waals surface area (Å²) in [5, 5.41) is 0. The second kappa shape index (κ2) is 2.62. The van der Waals surface area contributed by atoms with Crippen LogP contribution in [0.4, 0.5) is 0 Å². The maximum Gasteiger partial charge on any atom is 0.304 e. The summed E-state index contributed by atoms with van der Waals surface area (Å²) >= 11 is 0. The van der Waals surface area contributed by atoms with Gasteiger partial charge < -0.3 is 10.2 Å². The number of rotatable bonds is 1. The van der Waals surface area contributed by atoms with Gasteiger partial charge >= 0.3 is 5.91 Å². The lowest BCUT2D eigenvalue weighted by Crippen LogP contribution is -2.14. The molecule has 0 radical (unpaired) electrons. The zero-order valence-electron chi connectivity index (χ0n) is 7.42. The van der Waals surface area contributed by atoms with Crippen molar-refractivity contribution in [3.63, 3.8) is 0 Å². The summed E-state index contributed by atoms with van der Waals surface area (Å²) in [7, 11) is 0. The molecule has 0 bridgehead atoms. The van der Waals surface area contributed by atoms with Gasteiger partial charge in [0, 0.05) is 5.41 Å². The lowest BCUT2D eigenvalue weighted by Gasteiger charge is -2.12. The SMILES string of the molecule is CC(C)(C)c1coc(C(N)=O)n1. The average molecular weight is 168 g/mol. The van der Waals surface area contributed by atoms with Gasteiger partial charge in [-0.05, 0) is 0 Å². The predicted molar refractivity (Wildman–Crippen MR) is 43.7 cm³/mol. The summed E-state index contributed by atoms with van der Waals surface area (Å²) < 4.78 is 4.87. The maximum atomic E-state index is 10.6. The maximum absolute atomic E-state index is 10.6. The molecule has 0 unspecified atom stereocenters. The Bertz CT molecular complexity index is 296. The van der Waals surface area contributed by atoms with Crippen LogP contribution in [0.15, 0.2) is 10.7 Å². The highest BCUT2D eigenvalue weighted by atomic mass is 16.3. The fraction of sp³-hybridized carbons (Fsp3) is 0.500. The first-order valence-electron chi connectivity index (χ1n) is 3.67. The van der Waals surface area contributed by atoms with Crippen molar-refractivity contribution < 1.29 is 9.21 Å². The van der Waals surface area contributed by atoms with Crippen molar-refractivity contribution in [2.75, 3.05) is 0 Å². The second-order valence-electron chi connectivity index (χ2n) is 3.65. The van der Waals surface area contributed by atoms with Crippen LogP contribution in [-0.4, -0.2) is 10.9 Å². The number of amides is 1. The second-order valence-corrected chi connectivity index (χ2v) is 3.65. The van der Waals surface area contributed by atoms with E-state index in [9.17, 15) is 4.79 Å². The Balaban J connectivity index is 3.00. The van der Waals surface area contributed by atoms with Crippen LogP contribution in [0.2, 0.25) is 0 Å². The lowest BCUT2D eigenvalue weighted by atomic mass is 9.93. The summed E-state index contributed by atoms with van der Waals surface area (Å²) in [4.78, 5) is 14.5. The number of primary amides is 1. The van der Waals surface area contributed by atoms with Crippen LogP contribution in [0.3, 0.4) is 0 Å². The number of nitrogens with two attached hydrogens (primary N) is 1. The lowest BCUT2D eigenvalue weighted by molar-refractivity contribution is 0.0967. The zero-order chi connectivity index (χ0) is 9.35. The Hall–Kier alpha value is -1.32. The van der Waals surface area contributed by atoms with E-state index in [1.807, 2.05) is 20.8 Å². The molecular formula is C8H12N2O2. The number of hydrogen-bond donors (Lipinski definition) is 1. The molecular weight excluding hydrogens is 156 g/mol. The van der Waals surface area contributed by atoms with Gasteiger partial charge in [0.25, 0.3) is 5.89 Å². The van der Waals surface area contributed by atoms with Gasteiger partial charge in [-0.25, -0.2) is 4.98 Å². The summed E-state index contributed by atoms with van der Waals surface area (Å²) in [6.07, 6.45) is 1.46. The van der Waals surface area contributed by atoms with Crippen LogP contribution >= 0.6 is 0 Å². The molecule has 1 amide bonds. The van der Waals surface area contributed by atoms with E-state index in [4.69, 9.17) is 10.2 Å². The van der Waals surface area contributed by atoms with E-state index in [-0.39, 0.29) is 11.3 Å². The number of hydrogen-bond acceptors (Lipinski definition) is 3. The van der Waals surface area contributed by atoms with E-state index in [0.29, 0.717) is 0 Å². The molecule has 66 valence electrons. The van der Waals surface area contributed by atoms with Gasteiger partial charge in [-0.2, -0.15) is 0 Å². The molecule has 4 heteroatoms. The Morgan fingerprint density at radius 3 is 2.42 bits per heavy atom. The molecule has 1 aromatic heterocycles. The Labute approximate surface area is 70.8 Å². The molecule has 0 aliphatic carbocycles. The van der Waals surface area contributed by atoms with Crippen LogP contribution in [0, 0.1) is 0 Å². The third kappa shape index (κ3) is 1.64. The van der Waals surface area contributed by atoms with Crippen LogP contribution < -0.4 is 5.73 Å². The minimum atomic E-state index is -0.634. The highest BCUT2D eigenvalue weighted by Crippen LogP contribution is 2.20. The average Bonchev–Trinajstić information content (AvgIpc) is 2.30. The summed E-state index contributed by atoms with van der Waals surface area (Å²) in [5.74, 6) is -0.662. The number of carbonyl (C=O) groups excluding carboxylic acids is 1. The van der Waals surface area contributed by atoms with E-state index in [1.165, 1.54) is 6.26 Å². The molecule has 1 heterocycles. The van der Waals surface area contributed by atoms with E-state index in [1.54, 1.807) is 0 Å². The first kappa shape index (κ1) is 8.77. The van der Waals surface area contributed by atoms with E-state index in [0.717, 1.165) is 5.69 Å². The Morgan fingerprint density at radius 1 is 1.58 bits per heavy atom. The molecule has 0 saturated heterocycles. The van der Waals surface area contributed by atoms with E-state index >= 15 is 0 Å². The quantitative estimate of drug-likeness (QED) is 0.681. The standard InChI is InChI=1S/C8H12N2O2/c1-8(2,3)5-4-12-7(10-5)6(9)11/h4H,1-3H3,(H2,9,11). The minimum Gasteiger partial charge on any atom is -0.441 e. The molecule has 0 fully saturated rings. The van der Waals surface area contributed by atoms with Gasteiger partial charge in [0.2, 0.25) is 0 Å². The highest BCUT2D eigenvalue weighted by Gasteiger charge is 2.20. The third-order valence-corrected chi connectivity index (χ3v) is 1.48.